The van der Waals surface area contributed by atoms with E-state index in [0.717, 1.165) is 5.41 Å². The van der Waals surface area contributed by atoms with Gasteiger partial charge < -0.3 is 4.90 Å². The molecule has 8 nitrogen and oxygen atoms in total. The highest BCUT2D eigenvalue weighted by Crippen LogP contribution is 2.19. The summed E-state index contributed by atoms with van der Waals surface area (Å²) in [5.74, 6) is -2.64. The Morgan fingerprint density at radius 2 is 1.73 bits per heavy atom. The summed E-state index contributed by atoms with van der Waals surface area (Å²) < 4.78 is 28.7. The topological polar surface area (TPSA) is 101 Å². The number of benzene rings is 2. The van der Waals surface area contributed by atoms with Gasteiger partial charge in [0.15, 0.2) is 0 Å². The molecule has 1 unspecified atom stereocenters. The predicted molar refractivity (Wildman–Crippen MR) is 127 cm³/mol. The fourth-order valence-electron chi connectivity index (χ4n) is 3.34. The molecular weight excluding hydrogens is 440 g/mol. The third-order valence-electron chi connectivity index (χ3n) is 4.94. The Kier molecular flexibility index (Phi) is 7.78. The summed E-state index contributed by atoms with van der Waals surface area (Å²) in [6.45, 7) is 2.11. The number of hydrogen-bond acceptors (Lipinski definition) is 5. The number of nitrogens with zero attached hydrogens (tertiary/aromatic N) is 3. The number of carbonyl (C=O) groups is 2. The molecule has 1 N–H and O–H groups in total. The summed E-state index contributed by atoms with van der Waals surface area (Å²) >= 11 is 0. The molecule has 3 rings (SSSR count). The minimum Gasteiger partial charge on any atom is -0.312 e. The van der Waals surface area contributed by atoms with Gasteiger partial charge in [-0.1, -0.05) is 48.5 Å². The van der Waals surface area contributed by atoms with Crippen molar-refractivity contribution in [2.24, 2.45) is 13.0 Å². The SMILES string of the molecule is CCN(C(=O)C(Cc1cnn(C)c1)C(=O)NS(=O)(=O)C=Cc1ccccc1)c1ccccc1. The summed E-state index contributed by atoms with van der Waals surface area (Å²) in [6, 6.07) is 17.8. The number of rotatable bonds is 9. The number of anilines is 1. The lowest BCUT2D eigenvalue weighted by Crippen LogP contribution is -2.46. The molecule has 0 bridgehead atoms. The first-order chi connectivity index (χ1) is 15.8. The van der Waals surface area contributed by atoms with Crippen LogP contribution in [0.4, 0.5) is 5.69 Å². The van der Waals surface area contributed by atoms with Crippen LogP contribution < -0.4 is 9.62 Å². The summed E-state index contributed by atoms with van der Waals surface area (Å²) in [7, 11) is -2.39. The first-order valence-corrected chi connectivity index (χ1v) is 12.0. The summed E-state index contributed by atoms with van der Waals surface area (Å²) in [6.07, 6.45) is 4.64. The Morgan fingerprint density at radius 3 is 2.30 bits per heavy atom. The smallest absolute Gasteiger partial charge is 0.257 e. The Hall–Kier alpha value is -3.72. The molecule has 0 aliphatic heterocycles. The lowest BCUT2D eigenvalue weighted by atomic mass is 9.99. The van der Waals surface area contributed by atoms with Gasteiger partial charge in [0, 0.05) is 25.5 Å². The molecule has 0 saturated carbocycles. The lowest BCUT2D eigenvalue weighted by Gasteiger charge is -2.25. The van der Waals surface area contributed by atoms with Crippen molar-refractivity contribution in [3.63, 3.8) is 0 Å². The molecule has 2 aromatic carbocycles. The zero-order valence-electron chi connectivity index (χ0n) is 18.5. The highest BCUT2D eigenvalue weighted by Gasteiger charge is 2.33. The lowest BCUT2D eigenvalue weighted by molar-refractivity contribution is -0.132. The van der Waals surface area contributed by atoms with Crippen molar-refractivity contribution in [2.45, 2.75) is 13.3 Å². The molecule has 1 atom stereocenters. The molecule has 0 radical (unpaired) electrons. The molecule has 0 aliphatic rings. The highest BCUT2D eigenvalue weighted by atomic mass is 32.2. The Balaban J connectivity index is 1.85. The first-order valence-electron chi connectivity index (χ1n) is 10.4. The van der Waals surface area contributed by atoms with E-state index in [1.54, 1.807) is 79.6 Å². The number of carbonyl (C=O) groups excluding carboxylic acids is 2. The van der Waals surface area contributed by atoms with Crippen LogP contribution in [-0.4, -0.2) is 36.6 Å². The maximum absolute atomic E-state index is 13.4. The van der Waals surface area contributed by atoms with Gasteiger partial charge in [0.2, 0.25) is 11.8 Å². The Bertz CT molecular complexity index is 1220. The van der Waals surface area contributed by atoms with Crippen LogP contribution in [-0.2, 0) is 33.1 Å². The van der Waals surface area contributed by atoms with Crippen molar-refractivity contribution in [1.29, 1.82) is 0 Å². The van der Waals surface area contributed by atoms with Crippen LogP contribution >= 0.6 is 0 Å². The molecule has 2 amide bonds. The van der Waals surface area contributed by atoms with Gasteiger partial charge in [0.05, 0.1) is 11.6 Å². The first kappa shape index (κ1) is 23.9. The second-order valence-corrected chi connectivity index (χ2v) is 8.99. The van der Waals surface area contributed by atoms with E-state index < -0.39 is 27.8 Å². The Labute approximate surface area is 193 Å². The van der Waals surface area contributed by atoms with Crippen LogP contribution in [0.1, 0.15) is 18.1 Å². The van der Waals surface area contributed by atoms with Gasteiger partial charge in [-0.05, 0) is 42.7 Å². The van der Waals surface area contributed by atoms with E-state index in [9.17, 15) is 18.0 Å². The van der Waals surface area contributed by atoms with E-state index in [0.29, 0.717) is 23.4 Å². The maximum Gasteiger partial charge on any atom is 0.257 e. The van der Waals surface area contributed by atoms with Crippen molar-refractivity contribution in [3.05, 3.63) is 89.6 Å². The standard InChI is InChI=1S/C24H26N4O4S/c1-3-28(21-12-8-5-9-13-21)24(30)22(16-20-17-25-27(2)18-20)23(29)26-33(31,32)15-14-19-10-6-4-7-11-19/h4-15,17-18,22H,3,16H2,1-2H3,(H,26,29). The van der Waals surface area contributed by atoms with Crippen LogP contribution in [0.3, 0.4) is 0 Å². The van der Waals surface area contributed by atoms with Gasteiger partial charge in [0.25, 0.3) is 10.0 Å². The maximum atomic E-state index is 13.4. The third-order valence-corrected chi connectivity index (χ3v) is 5.93. The van der Waals surface area contributed by atoms with Crippen molar-refractivity contribution in [3.8, 4) is 0 Å². The molecule has 33 heavy (non-hydrogen) atoms. The molecule has 0 spiro atoms. The molecule has 0 saturated heterocycles. The van der Waals surface area contributed by atoms with Gasteiger partial charge in [0.1, 0.15) is 5.92 Å². The van der Waals surface area contributed by atoms with Crippen LogP contribution in [0.5, 0.6) is 0 Å². The van der Waals surface area contributed by atoms with Crippen LogP contribution in [0.15, 0.2) is 78.5 Å². The van der Waals surface area contributed by atoms with E-state index in [1.807, 2.05) is 16.9 Å². The molecule has 3 aromatic rings. The van der Waals surface area contributed by atoms with Crippen LogP contribution in [0, 0.1) is 5.92 Å². The van der Waals surface area contributed by atoms with Crippen molar-refractivity contribution < 1.29 is 18.0 Å². The van der Waals surface area contributed by atoms with Crippen LogP contribution in [0.25, 0.3) is 6.08 Å². The number of nitrogens with one attached hydrogen (secondary N) is 1. The fourth-order valence-corrected chi connectivity index (χ4v) is 4.17. The summed E-state index contributed by atoms with van der Waals surface area (Å²) in [5.41, 5.74) is 1.94. The molecule has 0 aliphatic carbocycles. The molecular formula is C24H26N4O4S. The summed E-state index contributed by atoms with van der Waals surface area (Å²) in [4.78, 5) is 28.0. The zero-order valence-corrected chi connectivity index (χ0v) is 19.3. The number of hydrogen-bond donors (Lipinski definition) is 1. The predicted octanol–water partition coefficient (Wildman–Crippen LogP) is 2.75. The monoisotopic (exact) mass is 466 g/mol. The highest BCUT2D eigenvalue weighted by molar-refractivity contribution is 7.93. The normalized spacial score (nSPS) is 12.4. The van der Waals surface area contributed by atoms with Crippen LogP contribution in [0.2, 0.25) is 0 Å². The van der Waals surface area contributed by atoms with E-state index in [1.165, 1.54) is 11.0 Å². The van der Waals surface area contributed by atoms with E-state index in [4.69, 9.17) is 0 Å². The number of aromatic nitrogens is 2. The molecule has 1 aromatic heterocycles. The number of aryl methyl sites for hydroxylation is 1. The second kappa shape index (κ2) is 10.7. The average molecular weight is 467 g/mol. The van der Waals surface area contributed by atoms with Gasteiger partial charge in [-0.15, -0.1) is 0 Å². The zero-order chi connectivity index (χ0) is 23.8. The number of para-hydroxylation sites is 1. The molecule has 172 valence electrons. The minimum absolute atomic E-state index is 0.0137. The second-order valence-electron chi connectivity index (χ2n) is 7.42. The molecule has 9 heteroatoms. The fraction of sp³-hybridized carbons (Fsp3) is 0.208. The van der Waals surface area contributed by atoms with Gasteiger partial charge in [-0.25, -0.2) is 13.1 Å². The van der Waals surface area contributed by atoms with E-state index in [2.05, 4.69) is 5.10 Å². The summed E-state index contributed by atoms with van der Waals surface area (Å²) in [5, 5.41) is 5.00. The van der Waals surface area contributed by atoms with Gasteiger partial charge in [-0.2, -0.15) is 5.10 Å². The van der Waals surface area contributed by atoms with E-state index in [-0.39, 0.29) is 6.42 Å². The van der Waals surface area contributed by atoms with Crippen molar-refractivity contribution in [1.82, 2.24) is 14.5 Å². The van der Waals surface area contributed by atoms with Gasteiger partial charge >= 0.3 is 0 Å². The third kappa shape index (κ3) is 6.63. The number of sulfonamides is 1. The van der Waals surface area contributed by atoms with Crippen molar-refractivity contribution in [2.75, 3.05) is 11.4 Å². The van der Waals surface area contributed by atoms with Crippen molar-refractivity contribution >= 4 is 33.6 Å². The van der Waals surface area contributed by atoms with Gasteiger partial charge in [-0.3, -0.25) is 14.3 Å². The largest absolute Gasteiger partial charge is 0.312 e. The molecule has 1 heterocycles. The quantitative estimate of drug-likeness (QED) is 0.489. The number of amides is 2. The Morgan fingerprint density at radius 1 is 1.09 bits per heavy atom. The molecule has 0 fully saturated rings. The minimum atomic E-state index is -4.11. The average Bonchev–Trinajstić information content (AvgIpc) is 3.22. The van der Waals surface area contributed by atoms with E-state index >= 15 is 0 Å².